The van der Waals surface area contributed by atoms with E-state index in [4.69, 9.17) is 5.11 Å². The van der Waals surface area contributed by atoms with E-state index in [-0.39, 0.29) is 24.9 Å². The van der Waals surface area contributed by atoms with Gasteiger partial charge < -0.3 is 20.6 Å². The van der Waals surface area contributed by atoms with E-state index < -0.39 is 24.3 Å². The van der Waals surface area contributed by atoms with Crippen molar-refractivity contribution in [2.75, 3.05) is 13.2 Å². The van der Waals surface area contributed by atoms with E-state index >= 15 is 0 Å². The first-order valence-corrected chi connectivity index (χ1v) is 6.12. The maximum atomic E-state index is 11.7. The van der Waals surface area contributed by atoms with Gasteiger partial charge in [-0.2, -0.15) is 0 Å². The number of halogens is 1. The molecule has 1 saturated heterocycles. The average Bonchev–Trinajstić information content (AvgIpc) is 2.61. The minimum Gasteiger partial charge on any atom is -0.395 e. The molecule has 0 spiro atoms. The third-order valence-corrected chi connectivity index (χ3v) is 3.06. The summed E-state index contributed by atoms with van der Waals surface area (Å²) < 4.78 is 0. The molecular formula is C11H23ClN2O4. The molecule has 0 saturated carbocycles. The number of hydrogen-bond acceptors (Lipinski definition) is 5. The maximum Gasteiger partial charge on any atom is 0.239 e. The lowest BCUT2D eigenvalue weighted by Crippen LogP contribution is -2.47. The molecule has 0 unspecified atom stereocenters. The topological polar surface area (TPSA) is 102 Å². The van der Waals surface area contributed by atoms with Gasteiger partial charge in [0.05, 0.1) is 18.8 Å². The van der Waals surface area contributed by atoms with Crippen LogP contribution in [0.2, 0.25) is 0 Å². The lowest BCUT2D eigenvalue weighted by Gasteiger charge is -2.15. The molecule has 1 rings (SSSR count). The van der Waals surface area contributed by atoms with Crippen LogP contribution in [0.4, 0.5) is 0 Å². The zero-order valence-corrected chi connectivity index (χ0v) is 11.3. The zero-order chi connectivity index (χ0) is 12.8. The van der Waals surface area contributed by atoms with Crippen LogP contribution in [-0.2, 0) is 4.79 Å². The van der Waals surface area contributed by atoms with Crippen molar-refractivity contribution in [2.45, 2.75) is 50.5 Å². The molecule has 7 heteroatoms. The summed E-state index contributed by atoms with van der Waals surface area (Å²) in [6.45, 7) is 2.33. The maximum absolute atomic E-state index is 11.7. The predicted molar refractivity (Wildman–Crippen MR) is 69.6 cm³/mol. The second kappa shape index (κ2) is 8.66. The van der Waals surface area contributed by atoms with E-state index in [1.807, 2.05) is 0 Å². The Labute approximate surface area is 113 Å². The summed E-state index contributed by atoms with van der Waals surface area (Å²) in [4.78, 5) is 11.7. The van der Waals surface area contributed by atoms with Gasteiger partial charge in [0.1, 0.15) is 12.1 Å². The Bertz CT molecular complexity index is 255. The number of aliphatic hydroxyl groups is 3. The molecule has 0 aliphatic carbocycles. The highest BCUT2D eigenvalue weighted by Gasteiger charge is 2.43. The summed E-state index contributed by atoms with van der Waals surface area (Å²) in [6, 6.07) is -1.49. The smallest absolute Gasteiger partial charge is 0.239 e. The van der Waals surface area contributed by atoms with Crippen LogP contribution < -0.4 is 10.6 Å². The summed E-state index contributed by atoms with van der Waals surface area (Å²) >= 11 is 0. The number of hydrogen-bond donors (Lipinski definition) is 5. The molecule has 6 nitrogen and oxygen atoms in total. The molecule has 18 heavy (non-hydrogen) atoms. The minimum atomic E-state index is -1.17. The monoisotopic (exact) mass is 282 g/mol. The van der Waals surface area contributed by atoms with Crippen molar-refractivity contribution in [3.05, 3.63) is 0 Å². The highest BCUT2D eigenvalue weighted by atomic mass is 35.5. The number of amides is 1. The van der Waals surface area contributed by atoms with Crippen LogP contribution in [0.3, 0.4) is 0 Å². The lowest BCUT2D eigenvalue weighted by molar-refractivity contribution is -0.125. The standard InChI is InChI=1S/C11H22N2O4.ClH/c1-2-3-4-5-12-11(17)8-10(16)9(15)7(6-14)13-8;/h7-10,13-16H,2-6H2,1H3,(H,12,17);1H/t7-,8+,9-,10-;/m0./s1. The van der Waals surface area contributed by atoms with Gasteiger partial charge in [0.2, 0.25) is 5.91 Å². The van der Waals surface area contributed by atoms with Gasteiger partial charge in [0.15, 0.2) is 0 Å². The van der Waals surface area contributed by atoms with Gasteiger partial charge >= 0.3 is 0 Å². The van der Waals surface area contributed by atoms with Crippen molar-refractivity contribution in [3.8, 4) is 0 Å². The average molecular weight is 283 g/mol. The molecule has 0 radical (unpaired) electrons. The van der Waals surface area contributed by atoms with E-state index in [9.17, 15) is 15.0 Å². The van der Waals surface area contributed by atoms with Crippen molar-refractivity contribution < 1.29 is 20.1 Å². The Hall–Kier alpha value is -0.400. The number of nitrogens with one attached hydrogen (secondary N) is 2. The van der Waals surface area contributed by atoms with E-state index in [1.165, 1.54) is 0 Å². The van der Waals surface area contributed by atoms with Crippen LogP contribution in [0.5, 0.6) is 0 Å². The van der Waals surface area contributed by atoms with Crippen LogP contribution in [0.15, 0.2) is 0 Å². The Morgan fingerprint density at radius 3 is 2.44 bits per heavy atom. The van der Waals surface area contributed by atoms with Gasteiger partial charge in [-0.25, -0.2) is 0 Å². The summed E-state index contributed by atoms with van der Waals surface area (Å²) in [5, 5.41) is 33.5. The van der Waals surface area contributed by atoms with E-state index in [0.29, 0.717) is 6.54 Å². The third-order valence-electron chi connectivity index (χ3n) is 3.06. The van der Waals surface area contributed by atoms with Crippen LogP contribution in [0, 0.1) is 0 Å². The van der Waals surface area contributed by atoms with Crippen LogP contribution in [0.1, 0.15) is 26.2 Å². The van der Waals surface area contributed by atoms with Gasteiger partial charge in [0, 0.05) is 6.54 Å². The van der Waals surface area contributed by atoms with Crippen LogP contribution >= 0.6 is 12.4 Å². The molecule has 0 aromatic rings. The largest absolute Gasteiger partial charge is 0.395 e. The molecule has 1 amide bonds. The van der Waals surface area contributed by atoms with Crippen LogP contribution in [-0.4, -0.2) is 58.7 Å². The second-order valence-electron chi connectivity index (χ2n) is 4.41. The van der Waals surface area contributed by atoms with Crippen molar-refractivity contribution in [3.63, 3.8) is 0 Å². The van der Waals surface area contributed by atoms with Crippen molar-refractivity contribution >= 4 is 18.3 Å². The molecule has 1 aliphatic rings. The fourth-order valence-corrected chi connectivity index (χ4v) is 1.95. The lowest BCUT2D eigenvalue weighted by atomic mass is 10.1. The first-order chi connectivity index (χ1) is 8.11. The normalized spacial score (nSPS) is 30.9. The van der Waals surface area contributed by atoms with Gasteiger partial charge in [-0.15, -0.1) is 12.4 Å². The molecule has 1 heterocycles. The molecule has 0 aromatic heterocycles. The number of carbonyl (C=O) groups is 1. The zero-order valence-electron chi connectivity index (χ0n) is 10.5. The number of aliphatic hydroxyl groups excluding tert-OH is 3. The van der Waals surface area contributed by atoms with Crippen molar-refractivity contribution in [1.82, 2.24) is 10.6 Å². The van der Waals surface area contributed by atoms with Gasteiger partial charge in [-0.05, 0) is 6.42 Å². The number of rotatable bonds is 6. The SMILES string of the molecule is CCCCCNC(=O)[C@@H]1N[C@@H](CO)[C@H](O)[C@H]1O.Cl. The molecule has 5 N–H and O–H groups in total. The summed E-state index contributed by atoms with van der Waals surface area (Å²) in [7, 11) is 0. The Kier molecular flexibility index (Phi) is 8.47. The number of carbonyl (C=O) groups excluding carboxylic acids is 1. The second-order valence-corrected chi connectivity index (χ2v) is 4.41. The first-order valence-electron chi connectivity index (χ1n) is 6.12. The quantitative estimate of drug-likeness (QED) is 0.393. The molecule has 4 atom stereocenters. The molecule has 108 valence electrons. The van der Waals surface area contributed by atoms with Gasteiger partial charge in [0.25, 0.3) is 0 Å². The molecule has 0 aromatic carbocycles. The van der Waals surface area contributed by atoms with Crippen molar-refractivity contribution in [2.24, 2.45) is 0 Å². The van der Waals surface area contributed by atoms with Crippen LogP contribution in [0.25, 0.3) is 0 Å². The Morgan fingerprint density at radius 1 is 1.28 bits per heavy atom. The summed E-state index contributed by atoms with van der Waals surface area (Å²) in [5.74, 6) is -0.330. The fourth-order valence-electron chi connectivity index (χ4n) is 1.95. The molecular weight excluding hydrogens is 260 g/mol. The van der Waals surface area contributed by atoms with Crippen molar-refractivity contribution in [1.29, 1.82) is 0 Å². The molecule has 0 bridgehead atoms. The van der Waals surface area contributed by atoms with E-state index in [2.05, 4.69) is 17.6 Å². The number of unbranched alkanes of at least 4 members (excludes halogenated alkanes) is 2. The highest BCUT2D eigenvalue weighted by Crippen LogP contribution is 2.14. The molecule has 1 aliphatic heterocycles. The summed E-state index contributed by atoms with van der Waals surface area (Å²) in [5.41, 5.74) is 0. The first kappa shape index (κ1) is 17.6. The summed E-state index contributed by atoms with van der Waals surface area (Å²) in [6.07, 6.45) is 0.746. The molecule has 1 fully saturated rings. The Balaban J connectivity index is 0.00000289. The predicted octanol–water partition coefficient (Wildman–Crippen LogP) is -1.23. The Morgan fingerprint density at radius 2 is 1.94 bits per heavy atom. The van der Waals surface area contributed by atoms with Gasteiger partial charge in [-0.3, -0.25) is 10.1 Å². The van der Waals surface area contributed by atoms with Gasteiger partial charge in [-0.1, -0.05) is 19.8 Å². The van der Waals surface area contributed by atoms with E-state index in [1.54, 1.807) is 0 Å². The third kappa shape index (κ3) is 4.37. The van der Waals surface area contributed by atoms with E-state index in [0.717, 1.165) is 19.3 Å². The highest BCUT2D eigenvalue weighted by molar-refractivity contribution is 5.85. The minimum absolute atomic E-state index is 0. The fraction of sp³-hybridized carbons (Fsp3) is 0.909.